The van der Waals surface area contributed by atoms with Crippen LogP contribution in [0.3, 0.4) is 0 Å². The fraction of sp³-hybridized carbons (Fsp3) is 0.481. The molecular formula is C27H37FeN3O5+2. The minimum absolute atomic E-state index is 0. The molecule has 2 saturated carbocycles. The van der Waals surface area contributed by atoms with Gasteiger partial charge in [-0.3, -0.25) is 4.57 Å². The summed E-state index contributed by atoms with van der Waals surface area (Å²) in [5.74, 6) is 2.21. The summed E-state index contributed by atoms with van der Waals surface area (Å²) in [6, 6.07) is 1.70. The zero-order valence-electron chi connectivity index (χ0n) is 20.8. The van der Waals surface area contributed by atoms with Crippen LogP contribution in [0.1, 0.15) is 39.3 Å². The van der Waals surface area contributed by atoms with E-state index >= 15 is 0 Å². The maximum atomic E-state index is 12.6. The molecule has 36 heavy (non-hydrogen) atoms. The van der Waals surface area contributed by atoms with Crippen LogP contribution >= 0.6 is 0 Å². The van der Waals surface area contributed by atoms with Gasteiger partial charge in [0.2, 0.25) is 0 Å². The third kappa shape index (κ3) is 9.73. The number of aromatic nitrogens is 2. The Morgan fingerprint density at radius 2 is 1.78 bits per heavy atom. The summed E-state index contributed by atoms with van der Waals surface area (Å²) in [4.78, 5) is 16.6. The monoisotopic (exact) mass is 539 g/mol. The van der Waals surface area contributed by atoms with E-state index in [1.807, 2.05) is 44.9 Å². The fourth-order valence-corrected chi connectivity index (χ4v) is 3.84. The molecule has 0 spiro atoms. The van der Waals surface area contributed by atoms with Gasteiger partial charge in [0.25, 0.3) is 0 Å². The van der Waals surface area contributed by atoms with E-state index in [1.54, 1.807) is 12.3 Å². The van der Waals surface area contributed by atoms with Crippen LogP contribution in [0.25, 0.3) is 0 Å². The van der Waals surface area contributed by atoms with Crippen molar-refractivity contribution in [3.8, 4) is 0 Å². The fourth-order valence-electron chi connectivity index (χ4n) is 3.84. The molecule has 4 atom stereocenters. The molecule has 2 aliphatic carbocycles. The first-order valence-electron chi connectivity index (χ1n) is 12.3. The van der Waals surface area contributed by atoms with Gasteiger partial charge in [-0.05, 0) is 88.5 Å². The summed E-state index contributed by atoms with van der Waals surface area (Å²) in [7, 11) is 0. The van der Waals surface area contributed by atoms with E-state index in [-0.39, 0.29) is 23.7 Å². The third-order valence-electron chi connectivity index (χ3n) is 5.75. The van der Waals surface area contributed by atoms with Crippen LogP contribution in [0, 0.1) is 69.6 Å². The molecule has 10 radical (unpaired) electrons. The molecule has 2 heterocycles. The van der Waals surface area contributed by atoms with Crippen molar-refractivity contribution in [1.82, 2.24) is 9.55 Å². The van der Waals surface area contributed by atoms with E-state index in [0.717, 1.165) is 19.3 Å². The summed E-state index contributed by atoms with van der Waals surface area (Å²) in [5.41, 5.74) is -0.496. The van der Waals surface area contributed by atoms with Crippen molar-refractivity contribution >= 4 is 5.82 Å². The van der Waals surface area contributed by atoms with Gasteiger partial charge in [-0.2, -0.15) is 4.98 Å². The van der Waals surface area contributed by atoms with Crippen LogP contribution in [0.15, 0.2) is 17.1 Å². The molecule has 3 aliphatic rings. The molecule has 0 aromatic carbocycles. The molecule has 196 valence electrons. The average molecular weight is 539 g/mol. The topological polar surface area (TPSA) is 106 Å². The van der Waals surface area contributed by atoms with Gasteiger partial charge in [0.15, 0.2) is 6.23 Å². The third-order valence-corrected chi connectivity index (χ3v) is 5.75. The number of aliphatic hydroxyl groups is 2. The van der Waals surface area contributed by atoms with Gasteiger partial charge < -0.3 is 25.0 Å². The van der Waals surface area contributed by atoms with Crippen LogP contribution in [-0.4, -0.2) is 57.8 Å². The second kappa shape index (κ2) is 16.8. The minimum atomic E-state index is -1.03. The maximum absolute atomic E-state index is 12.6. The van der Waals surface area contributed by atoms with E-state index in [9.17, 15) is 15.0 Å². The number of unbranched alkanes of at least 4 members (excludes halogenated alkanes) is 1. The molecule has 1 aromatic rings. The number of hydrogen-bond donors (Lipinski definition) is 3. The van der Waals surface area contributed by atoms with Crippen molar-refractivity contribution in [2.24, 2.45) is 5.92 Å². The van der Waals surface area contributed by atoms with Gasteiger partial charge in [-0.1, -0.05) is 20.3 Å². The molecule has 0 unspecified atom stereocenters. The zero-order chi connectivity index (χ0) is 25.0. The number of nitrogens with zero attached hydrogens (tertiary/aromatic N) is 2. The summed E-state index contributed by atoms with van der Waals surface area (Å²) >= 11 is 0. The van der Waals surface area contributed by atoms with Gasteiger partial charge in [0.1, 0.15) is 24.1 Å². The van der Waals surface area contributed by atoms with Gasteiger partial charge in [-0.15, -0.1) is 0 Å². The number of ether oxygens (including phenoxy) is 2. The molecule has 0 amide bonds. The average Bonchev–Trinajstić information content (AvgIpc) is 3.62. The molecule has 1 aliphatic heterocycles. The standard InChI is InChI=1S/C22H32N3O5.C5H5.Fe/c1-15(2)13-23-18-10-11-25(22(28)24-18)21-20(19(27)17(14-26)30-21)29-12-6-5-9-16-7-3-4-8-16;1-2-4-5-3-1;/h3-4,7-8,10-11,15,17,19-21,26-27H,5-6,9,12-14H2,1-2H3,(H,23,24,28);1-5H;/q;;+2/t17-,19-,20-,21-;;/m1../s1. The number of anilines is 1. The summed E-state index contributed by atoms with van der Waals surface area (Å²) in [5, 5.41) is 23.2. The first-order chi connectivity index (χ1) is 17.0. The normalized spacial score (nSPS) is 26.0. The maximum Gasteiger partial charge on any atom is 2.00 e. The van der Waals surface area contributed by atoms with Gasteiger partial charge in [-0.25, -0.2) is 4.79 Å². The number of nitrogens with one attached hydrogen (secondary N) is 1. The quantitative estimate of drug-likeness (QED) is 0.293. The number of hydrogen-bond acceptors (Lipinski definition) is 7. The molecule has 1 saturated heterocycles. The Morgan fingerprint density at radius 1 is 1.11 bits per heavy atom. The first kappa shape index (κ1) is 31.3. The smallest absolute Gasteiger partial charge is 0.394 e. The SMILES string of the molecule is CC(C)CNc1ccn([C@@H]2O[C@H](CO)[C@@H](O)[C@H]2OCCCC[C]2[CH][CH][CH][CH]2)c(=O)n1.[CH]1[CH][CH][CH][CH]1.[Fe+2]. The largest absolute Gasteiger partial charge is 2.00 e. The second-order valence-corrected chi connectivity index (χ2v) is 9.06. The van der Waals surface area contributed by atoms with Crippen LogP contribution in [0.5, 0.6) is 0 Å². The van der Waals surface area contributed by atoms with Crippen molar-refractivity contribution in [2.75, 3.05) is 25.1 Å². The second-order valence-electron chi connectivity index (χ2n) is 9.06. The molecule has 8 nitrogen and oxygen atoms in total. The minimum Gasteiger partial charge on any atom is -0.394 e. The number of rotatable bonds is 11. The van der Waals surface area contributed by atoms with Crippen molar-refractivity contribution in [3.63, 3.8) is 0 Å². The zero-order valence-corrected chi connectivity index (χ0v) is 22.0. The Labute approximate surface area is 227 Å². The molecule has 1 aromatic heterocycles. The molecule has 0 bridgehead atoms. The molecule has 4 rings (SSSR count). The Morgan fingerprint density at radius 3 is 2.36 bits per heavy atom. The van der Waals surface area contributed by atoms with Crippen LogP contribution in [-0.2, 0) is 26.5 Å². The summed E-state index contributed by atoms with van der Waals surface area (Å²) < 4.78 is 13.0. The van der Waals surface area contributed by atoms with Gasteiger partial charge in [0, 0.05) is 19.3 Å². The molecule has 3 N–H and O–H groups in total. The summed E-state index contributed by atoms with van der Waals surface area (Å²) in [6.07, 6.45) is 19.1. The van der Waals surface area contributed by atoms with E-state index in [0.29, 0.717) is 24.9 Å². The van der Waals surface area contributed by atoms with Gasteiger partial charge >= 0.3 is 22.8 Å². The molecular weight excluding hydrogens is 502 g/mol. The predicted octanol–water partition coefficient (Wildman–Crippen LogP) is 2.54. The van der Waals surface area contributed by atoms with E-state index in [2.05, 4.69) is 37.0 Å². The molecule has 9 heteroatoms. The predicted molar refractivity (Wildman–Crippen MR) is 134 cm³/mol. The van der Waals surface area contributed by atoms with Crippen molar-refractivity contribution < 1.29 is 36.8 Å². The first-order valence-corrected chi connectivity index (χ1v) is 12.3. The number of aliphatic hydroxyl groups excluding tert-OH is 2. The molecule has 3 fully saturated rings. The Kier molecular flexibility index (Phi) is 14.6. The van der Waals surface area contributed by atoms with E-state index in [1.165, 1.54) is 10.5 Å². The Bertz CT molecular complexity index is 775. The van der Waals surface area contributed by atoms with Crippen LogP contribution < -0.4 is 11.0 Å². The van der Waals surface area contributed by atoms with Crippen molar-refractivity contribution in [2.45, 2.75) is 57.6 Å². The Balaban J connectivity index is 0.000000678. The van der Waals surface area contributed by atoms with E-state index in [4.69, 9.17) is 9.47 Å². The summed E-state index contributed by atoms with van der Waals surface area (Å²) in [6.45, 7) is 4.91. The van der Waals surface area contributed by atoms with Gasteiger partial charge in [0.05, 0.1) is 6.61 Å². The van der Waals surface area contributed by atoms with Crippen molar-refractivity contribution in [1.29, 1.82) is 0 Å². The van der Waals surface area contributed by atoms with Crippen LogP contribution in [0.4, 0.5) is 5.82 Å². The Hall–Kier alpha value is -0.961. The van der Waals surface area contributed by atoms with E-state index < -0.39 is 30.2 Å². The van der Waals surface area contributed by atoms with Crippen molar-refractivity contribution in [3.05, 3.63) is 86.5 Å². The van der Waals surface area contributed by atoms with Crippen LogP contribution in [0.2, 0.25) is 0 Å².